The summed E-state index contributed by atoms with van der Waals surface area (Å²) in [5.41, 5.74) is 1.01. The first-order valence-electron chi connectivity index (χ1n) is 7.82. The van der Waals surface area contributed by atoms with Gasteiger partial charge in [-0.2, -0.15) is 0 Å². The molecule has 24 heavy (non-hydrogen) atoms. The summed E-state index contributed by atoms with van der Waals surface area (Å²) in [7, 11) is 0. The molecule has 0 radical (unpaired) electrons. The zero-order chi connectivity index (χ0) is 15.8. The molecule has 1 heterocycles. The number of rotatable bonds is 8. The SMILES string of the molecule is CCOc1c(Cl)cc(Cl)cc1CNCCCN1CCOCC1.[Cl-].[Cl-]. The molecule has 0 saturated carbocycles. The van der Waals surface area contributed by atoms with E-state index in [1.54, 1.807) is 6.07 Å². The van der Waals surface area contributed by atoms with Gasteiger partial charge in [-0.05, 0) is 38.6 Å². The Bertz CT molecular complexity index is 472. The molecule has 1 aromatic carbocycles. The van der Waals surface area contributed by atoms with E-state index in [-0.39, 0.29) is 24.8 Å². The van der Waals surface area contributed by atoms with Crippen LogP contribution >= 0.6 is 23.2 Å². The molecular formula is C16H24Cl4N2O2-2. The molecule has 1 aliphatic rings. The molecule has 1 saturated heterocycles. The van der Waals surface area contributed by atoms with Gasteiger partial charge in [0.05, 0.1) is 24.8 Å². The first kappa shape index (κ1) is 24.1. The highest BCUT2D eigenvalue weighted by molar-refractivity contribution is 6.35. The number of morpholine rings is 1. The normalized spacial score (nSPS) is 14.6. The van der Waals surface area contributed by atoms with Crippen molar-refractivity contribution in [2.24, 2.45) is 0 Å². The molecule has 1 aliphatic heterocycles. The smallest absolute Gasteiger partial charge is 0.142 e. The van der Waals surface area contributed by atoms with Crippen LogP contribution in [0, 0.1) is 0 Å². The van der Waals surface area contributed by atoms with Crippen molar-refractivity contribution in [1.29, 1.82) is 0 Å². The van der Waals surface area contributed by atoms with Gasteiger partial charge in [-0.3, -0.25) is 4.90 Å². The van der Waals surface area contributed by atoms with Crippen LogP contribution in [0.3, 0.4) is 0 Å². The van der Waals surface area contributed by atoms with Gasteiger partial charge in [-0.25, -0.2) is 0 Å². The third-order valence-electron chi connectivity index (χ3n) is 3.62. The fourth-order valence-corrected chi connectivity index (χ4v) is 3.12. The van der Waals surface area contributed by atoms with Gasteiger partial charge in [-0.15, -0.1) is 0 Å². The Morgan fingerprint density at radius 3 is 2.58 bits per heavy atom. The predicted molar refractivity (Wildman–Crippen MR) is 91.2 cm³/mol. The average Bonchev–Trinajstić information content (AvgIpc) is 2.51. The van der Waals surface area contributed by atoms with Crippen LogP contribution in [0.4, 0.5) is 0 Å². The fourth-order valence-electron chi connectivity index (χ4n) is 2.53. The molecule has 0 amide bonds. The Labute approximate surface area is 167 Å². The Hall–Kier alpha value is 0.0600. The molecule has 1 aromatic rings. The van der Waals surface area contributed by atoms with Crippen molar-refractivity contribution in [3.8, 4) is 5.75 Å². The molecule has 4 nitrogen and oxygen atoms in total. The van der Waals surface area contributed by atoms with Gasteiger partial charge >= 0.3 is 0 Å². The zero-order valence-electron chi connectivity index (χ0n) is 13.8. The van der Waals surface area contributed by atoms with Gasteiger partial charge in [0, 0.05) is 30.2 Å². The maximum Gasteiger partial charge on any atom is 0.142 e. The molecule has 1 N–H and O–H groups in total. The summed E-state index contributed by atoms with van der Waals surface area (Å²) in [6.45, 7) is 9.09. The molecule has 1 fully saturated rings. The Morgan fingerprint density at radius 2 is 1.92 bits per heavy atom. The average molecular weight is 418 g/mol. The van der Waals surface area contributed by atoms with Crippen LogP contribution in [0.15, 0.2) is 12.1 Å². The van der Waals surface area contributed by atoms with Crippen molar-refractivity contribution in [2.45, 2.75) is 19.9 Å². The van der Waals surface area contributed by atoms with Gasteiger partial charge in [-0.1, -0.05) is 23.2 Å². The van der Waals surface area contributed by atoms with E-state index in [9.17, 15) is 0 Å². The van der Waals surface area contributed by atoms with E-state index in [1.165, 1.54) is 0 Å². The number of halogens is 4. The minimum absolute atomic E-state index is 0. The van der Waals surface area contributed by atoms with E-state index in [1.807, 2.05) is 13.0 Å². The molecule has 0 unspecified atom stereocenters. The van der Waals surface area contributed by atoms with Gasteiger partial charge in [0.1, 0.15) is 5.75 Å². The molecule has 0 aromatic heterocycles. The third-order valence-corrected chi connectivity index (χ3v) is 4.12. The Balaban J connectivity index is 0.00000264. The molecule has 0 aliphatic carbocycles. The lowest BCUT2D eigenvalue weighted by atomic mass is 10.2. The number of benzene rings is 1. The van der Waals surface area contributed by atoms with Gasteiger partial charge in [0.25, 0.3) is 0 Å². The minimum atomic E-state index is 0. The third kappa shape index (κ3) is 7.96. The lowest BCUT2D eigenvalue weighted by molar-refractivity contribution is -0.001000. The van der Waals surface area contributed by atoms with Crippen molar-refractivity contribution in [3.05, 3.63) is 27.7 Å². The number of hydrogen-bond acceptors (Lipinski definition) is 4. The van der Waals surface area contributed by atoms with E-state index in [0.717, 1.165) is 57.1 Å². The van der Waals surface area contributed by atoms with Crippen LogP contribution in [-0.2, 0) is 11.3 Å². The molecule has 0 bridgehead atoms. The maximum absolute atomic E-state index is 6.20. The summed E-state index contributed by atoms with van der Waals surface area (Å²) in [6, 6.07) is 3.63. The fraction of sp³-hybridized carbons (Fsp3) is 0.625. The van der Waals surface area contributed by atoms with Crippen molar-refractivity contribution in [3.63, 3.8) is 0 Å². The summed E-state index contributed by atoms with van der Waals surface area (Å²) in [5, 5.41) is 4.65. The molecule has 2 rings (SSSR count). The monoisotopic (exact) mass is 416 g/mol. The van der Waals surface area contributed by atoms with Gasteiger partial charge in [0.2, 0.25) is 0 Å². The lowest BCUT2D eigenvalue weighted by Gasteiger charge is -2.26. The topological polar surface area (TPSA) is 33.7 Å². The number of hydrogen-bond donors (Lipinski definition) is 1. The van der Waals surface area contributed by atoms with Crippen LogP contribution in [0.1, 0.15) is 18.9 Å². The van der Waals surface area contributed by atoms with E-state index in [2.05, 4.69) is 10.2 Å². The molecule has 0 spiro atoms. The minimum Gasteiger partial charge on any atom is -1.00 e. The van der Waals surface area contributed by atoms with E-state index in [0.29, 0.717) is 23.2 Å². The highest BCUT2D eigenvalue weighted by Gasteiger charge is 2.11. The summed E-state index contributed by atoms with van der Waals surface area (Å²) < 4.78 is 11.0. The molecule has 8 heteroatoms. The van der Waals surface area contributed by atoms with Gasteiger partial charge in [0.15, 0.2) is 0 Å². The summed E-state index contributed by atoms with van der Waals surface area (Å²) in [6.07, 6.45) is 1.11. The highest BCUT2D eigenvalue weighted by Crippen LogP contribution is 2.32. The molecule has 140 valence electrons. The second-order valence-electron chi connectivity index (χ2n) is 5.29. The molecular weight excluding hydrogens is 394 g/mol. The van der Waals surface area contributed by atoms with Crippen LogP contribution in [0.5, 0.6) is 5.75 Å². The van der Waals surface area contributed by atoms with Crippen molar-refractivity contribution < 1.29 is 34.3 Å². The quantitative estimate of drug-likeness (QED) is 0.464. The number of nitrogens with zero attached hydrogens (tertiary/aromatic N) is 1. The van der Waals surface area contributed by atoms with Crippen LogP contribution in [0.25, 0.3) is 0 Å². The number of ether oxygens (including phenoxy) is 2. The predicted octanol–water partition coefficient (Wildman–Crippen LogP) is -2.79. The highest BCUT2D eigenvalue weighted by atomic mass is 35.5. The lowest BCUT2D eigenvalue weighted by Crippen LogP contribution is -3.00. The summed E-state index contributed by atoms with van der Waals surface area (Å²) in [4.78, 5) is 2.44. The first-order valence-corrected chi connectivity index (χ1v) is 8.58. The van der Waals surface area contributed by atoms with Gasteiger partial charge < -0.3 is 39.6 Å². The first-order chi connectivity index (χ1) is 10.7. The second-order valence-corrected chi connectivity index (χ2v) is 6.14. The van der Waals surface area contributed by atoms with Crippen LogP contribution in [0.2, 0.25) is 10.0 Å². The zero-order valence-corrected chi connectivity index (χ0v) is 16.8. The molecule has 0 atom stereocenters. The van der Waals surface area contributed by atoms with Crippen LogP contribution < -0.4 is 34.9 Å². The van der Waals surface area contributed by atoms with Crippen LogP contribution in [-0.4, -0.2) is 50.9 Å². The summed E-state index contributed by atoms with van der Waals surface area (Å²) >= 11 is 12.3. The van der Waals surface area contributed by atoms with Crippen molar-refractivity contribution in [1.82, 2.24) is 10.2 Å². The van der Waals surface area contributed by atoms with E-state index in [4.69, 9.17) is 32.7 Å². The van der Waals surface area contributed by atoms with E-state index >= 15 is 0 Å². The van der Waals surface area contributed by atoms with E-state index < -0.39 is 0 Å². The maximum atomic E-state index is 6.20. The summed E-state index contributed by atoms with van der Waals surface area (Å²) in [5.74, 6) is 0.731. The largest absolute Gasteiger partial charge is 1.00 e. The number of nitrogens with one attached hydrogen (secondary N) is 1. The second kappa shape index (κ2) is 13.3. The van der Waals surface area contributed by atoms with Crippen molar-refractivity contribution >= 4 is 23.2 Å². The Kier molecular flexibility index (Phi) is 13.3. The standard InChI is InChI=1S/C16H24Cl2N2O2.2ClH/c1-2-22-16-13(10-14(17)11-15(16)18)12-19-4-3-5-20-6-8-21-9-7-20;;/h10-11,19H,2-9,12H2,1H3;2*1H/p-2. The Morgan fingerprint density at radius 1 is 1.21 bits per heavy atom. The van der Waals surface area contributed by atoms with Crippen molar-refractivity contribution in [2.75, 3.05) is 46.0 Å².